The highest BCUT2D eigenvalue weighted by atomic mass is 35.5. The van der Waals surface area contributed by atoms with Gasteiger partial charge in [0.25, 0.3) is 5.91 Å². The Morgan fingerprint density at radius 3 is 2.55 bits per heavy atom. The second kappa shape index (κ2) is 9.75. The number of anilines is 1. The third kappa shape index (κ3) is 4.83. The zero-order valence-corrected chi connectivity index (χ0v) is 19.9. The van der Waals surface area contributed by atoms with Gasteiger partial charge in [0, 0.05) is 22.7 Å². The van der Waals surface area contributed by atoms with Crippen LogP contribution in [0.4, 0.5) is 13.9 Å². The van der Waals surface area contributed by atoms with Gasteiger partial charge in [-0.25, -0.2) is 13.8 Å². The summed E-state index contributed by atoms with van der Waals surface area (Å²) in [7, 11) is 3.90. The summed E-state index contributed by atoms with van der Waals surface area (Å²) in [5.74, 6) is -1.71. The zero-order valence-electron chi connectivity index (χ0n) is 16.7. The van der Waals surface area contributed by atoms with Crippen LogP contribution in [0, 0.1) is 11.6 Å². The van der Waals surface area contributed by atoms with E-state index in [0.29, 0.717) is 32.7 Å². The van der Waals surface area contributed by atoms with Crippen molar-refractivity contribution in [2.75, 3.05) is 32.1 Å². The predicted molar refractivity (Wildman–Crippen MR) is 128 cm³/mol. The minimum atomic E-state index is -0.743. The number of nitrogens with zero attached hydrogens (tertiary/aromatic N) is 3. The van der Waals surface area contributed by atoms with E-state index in [-0.39, 0.29) is 23.8 Å². The smallest absolute Gasteiger partial charge is 0.271 e. The number of fused-ring (bicyclic) bond motifs is 2. The summed E-state index contributed by atoms with van der Waals surface area (Å²) >= 11 is 8.93. The molecule has 2 aromatic heterocycles. The summed E-state index contributed by atoms with van der Waals surface area (Å²) in [4.78, 5) is 21.7. The van der Waals surface area contributed by atoms with Crippen LogP contribution in [0.1, 0.15) is 16.1 Å². The first-order chi connectivity index (χ1) is 14.3. The molecule has 0 bridgehead atoms. The summed E-state index contributed by atoms with van der Waals surface area (Å²) < 4.78 is 29.1. The lowest BCUT2D eigenvalue weighted by Crippen LogP contribution is -2.33. The van der Waals surface area contributed by atoms with Crippen molar-refractivity contribution in [1.29, 1.82) is 0 Å². The summed E-state index contributed by atoms with van der Waals surface area (Å²) in [5, 5.41) is 1.54. The predicted octanol–water partition coefficient (Wildman–Crippen LogP) is 6.46. The Labute approximate surface area is 197 Å². The zero-order chi connectivity index (χ0) is 21.4. The molecule has 10 heteroatoms. The van der Waals surface area contributed by atoms with Crippen molar-refractivity contribution in [3.63, 3.8) is 0 Å². The number of thiophene rings is 1. The number of aromatic nitrogens is 1. The Bertz CT molecular complexity index is 1240. The number of hydrogen-bond acceptors (Lipinski definition) is 5. The molecule has 0 atom stereocenters. The topological polar surface area (TPSA) is 36.4 Å². The van der Waals surface area contributed by atoms with Gasteiger partial charge in [-0.05, 0) is 39.2 Å². The first-order valence-corrected chi connectivity index (χ1v) is 11.3. The monoisotopic (exact) mass is 501 g/mol. The first-order valence-electron chi connectivity index (χ1n) is 9.24. The largest absolute Gasteiger partial charge is 0.309 e. The van der Waals surface area contributed by atoms with E-state index in [9.17, 15) is 13.6 Å². The molecule has 1 amide bonds. The van der Waals surface area contributed by atoms with Crippen LogP contribution in [0.3, 0.4) is 0 Å². The number of hydrogen-bond donors (Lipinski definition) is 0. The van der Waals surface area contributed by atoms with Crippen molar-refractivity contribution >= 4 is 78.0 Å². The fourth-order valence-electron chi connectivity index (χ4n) is 3.16. The lowest BCUT2D eigenvalue weighted by Gasteiger charge is -2.20. The molecule has 31 heavy (non-hydrogen) atoms. The molecule has 0 unspecified atom stereocenters. The van der Waals surface area contributed by atoms with E-state index >= 15 is 0 Å². The molecule has 0 aliphatic rings. The number of amides is 1. The molecule has 0 N–H and O–H groups in total. The van der Waals surface area contributed by atoms with Crippen LogP contribution in [0.25, 0.3) is 20.3 Å². The second-order valence-electron chi connectivity index (χ2n) is 7.09. The lowest BCUT2D eigenvalue weighted by atomic mass is 10.2. The van der Waals surface area contributed by atoms with Crippen LogP contribution in [-0.2, 0) is 0 Å². The van der Waals surface area contributed by atoms with Crippen LogP contribution in [0.15, 0.2) is 36.4 Å². The van der Waals surface area contributed by atoms with Gasteiger partial charge in [0.15, 0.2) is 10.9 Å². The normalized spacial score (nSPS) is 11.3. The number of benzene rings is 2. The molecule has 2 aromatic carbocycles. The molecule has 0 radical (unpaired) electrons. The molecule has 0 aliphatic heterocycles. The summed E-state index contributed by atoms with van der Waals surface area (Å²) in [6, 6.07) is 9.57. The molecule has 4 rings (SSSR count). The van der Waals surface area contributed by atoms with Crippen LogP contribution in [-0.4, -0.2) is 43.0 Å². The Balaban J connectivity index is 0.00000272. The molecule has 4 nitrogen and oxygen atoms in total. The molecular weight excluding hydrogens is 483 g/mol. The van der Waals surface area contributed by atoms with Gasteiger partial charge in [-0.1, -0.05) is 41.1 Å². The van der Waals surface area contributed by atoms with E-state index in [1.807, 2.05) is 43.3 Å². The highest BCUT2D eigenvalue weighted by Crippen LogP contribution is 2.38. The minimum absolute atomic E-state index is 0. The highest BCUT2D eigenvalue weighted by Gasteiger charge is 2.26. The Kier molecular flexibility index (Phi) is 7.49. The van der Waals surface area contributed by atoms with E-state index < -0.39 is 11.6 Å². The molecule has 0 aliphatic carbocycles. The van der Waals surface area contributed by atoms with Gasteiger partial charge in [-0.3, -0.25) is 9.69 Å². The second-order valence-corrected chi connectivity index (χ2v) is 9.53. The molecule has 0 fully saturated rings. The lowest BCUT2D eigenvalue weighted by molar-refractivity contribution is 0.0990. The fraction of sp³-hybridized carbons (Fsp3) is 0.238. The summed E-state index contributed by atoms with van der Waals surface area (Å²) in [6.07, 6.45) is 0.689. The van der Waals surface area contributed by atoms with Gasteiger partial charge in [-0.15, -0.1) is 23.7 Å². The maximum absolute atomic E-state index is 14.2. The first kappa shape index (κ1) is 23.8. The van der Waals surface area contributed by atoms with Gasteiger partial charge in [-0.2, -0.15) is 0 Å². The van der Waals surface area contributed by atoms with E-state index in [2.05, 4.69) is 4.98 Å². The SMILES string of the molecule is CN(C)CCCN(C(=O)c1sc2ccccc2c1Cl)c1nc2c(F)cc(F)cc2s1.Cl. The van der Waals surface area contributed by atoms with Crippen LogP contribution < -0.4 is 4.90 Å². The van der Waals surface area contributed by atoms with Gasteiger partial charge in [0.1, 0.15) is 16.2 Å². The number of thiazole rings is 1. The highest BCUT2D eigenvalue weighted by molar-refractivity contribution is 7.23. The van der Waals surface area contributed by atoms with Crippen molar-refractivity contribution in [2.24, 2.45) is 0 Å². The van der Waals surface area contributed by atoms with Gasteiger partial charge in [0.2, 0.25) is 0 Å². The van der Waals surface area contributed by atoms with E-state index in [1.165, 1.54) is 22.3 Å². The molecular formula is C21H19Cl2F2N3OS2. The Morgan fingerprint density at radius 2 is 1.84 bits per heavy atom. The van der Waals surface area contributed by atoms with Gasteiger partial charge < -0.3 is 4.90 Å². The number of rotatable bonds is 6. The third-order valence-electron chi connectivity index (χ3n) is 4.59. The molecule has 0 spiro atoms. The summed E-state index contributed by atoms with van der Waals surface area (Å²) in [5.41, 5.74) is 0.0595. The molecule has 2 heterocycles. The van der Waals surface area contributed by atoms with E-state index in [4.69, 9.17) is 11.6 Å². The number of carbonyl (C=O) groups is 1. The van der Waals surface area contributed by atoms with Crippen LogP contribution in [0.2, 0.25) is 5.02 Å². The average molecular weight is 502 g/mol. The Hall–Kier alpha value is -1.84. The minimum Gasteiger partial charge on any atom is -0.309 e. The molecule has 0 saturated heterocycles. The number of carbonyl (C=O) groups excluding carboxylic acids is 1. The maximum atomic E-state index is 14.2. The van der Waals surface area contributed by atoms with Crippen LogP contribution >= 0.6 is 46.7 Å². The fourth-order valence-corrected chi connectivity index (χ4v) is 5.65. The van der Waals surface area contributed by atoms with Gasteiger partial charge in [0.05, 0.1) is 9.72 Å². The summed E-state index contributed by atoms with van der Waals surface area (Å²) in [6.45, 7) is 1.14. The maximum Gasteiger partial charge on any atom is 0.271 e. The number of halogens is 4. The van der Waals surface area contributed by atoms with Gasteiger partial charge >= 0.3 is 0 Å². The quantitative estimate of drug-likeness (QED) is 0.304. The Morgan fingerprint density at radius 1 is 1.10 bits per heavy atom. The van der Waals surface area contributed by atoms with Crippen LogP contribution in [0.5, 0.6) is 0 Å². The molecule has 164 valence electrons. The van der Waals surface area contributed by atoms with E-state index in [0.717, 1.165) is 34.0 Å². The average Bonchev–Trinajstić information content (AvgIpc) is 3.26. The third-order valence-corrected chi connectivity index (χ3v) is 7.28. The van der Waals surface area contributed by atoms with Crippen molar-refractivity contribution in [3.8, 4) is 0 Å². The molecule has 0 saturated carbocycles. The van der Waals surface area contributed by atoms with Crippen molar-refractivity contribution in [1.82, 2.24) is 9.88 Å². The standard InChI is InChI=1S/C21H18ClF2N3OS2.ClH/c1-26(2)8-5-9-27(21-25-18-14(24)10-12(23)11-16(18)30-21)20(28)19-17(22)13-6-3-4-7-15(13)29-19;/h3-4,6-7,10-11H,5,8-9H2,1-2H3;1H. The van der Waals surface area contributed by atoms with E-state index in [1.54, 1.807) is 0 Å². The van der Waals surface area contributed by atoms with Crippen molar-refractivity contribution in [2.45, 2.75) is 6.42 Å². The van der Waals surface area contributed by atoms with Crippen molar-refractivity contribution < 1.29 is 13.6 Å². The molecule has 4 aromatic rings. The van der Waals surface area contributed by atoms with Crippen molar-refractivity contribution in [3.05, 3.63) is 57.9 Å².